The fourth-order valence-electron chi connectivity index (χ4n) is 4.63. The third kappa shape index (κ3) is 3.06. The molecular weight excluding hydrogens is 384 g/mol. The van der Waals surface area contributed by atoms with Crippen LogP contribution in [-0.4, -0.2) is 40.7 Å². The van der Waals surface area contributed by atoms with Crippen LogP contribution in [0.1, 0.15) is 23.1 Å². The molecule has 0 aliphatic carbocycles. The van der Waals surface area contributed by atoms with Gasteiger partial charge in [0.15, 0.2) is 0 Å². The highest BCUT2D eigenvalue weighted by atomic mass is 32.2. The zero-order valence-corrected chi connectivity index (χ0v) is 16.8. The van der Waals surface area contributed by atoms with Gasteiger partial charge in [-0.1, -0.05) is 24.3 Å². The number of hydrogen-bond donors (Lipinski definition) is 0. The Morgan fingerprint density at radius 3 is 2.52 bits per heavy atom. The minimum Gasteiger partial charge on any atom is -0.297 e. The van der Waals surface area contributed by atoms with E-state index < -0.39 is 15.6 Å². The monoisotopic (exact) mass is 406 g/mol. The van der Waals surface area contributed by atoms with Gasteiger partial charge in [0.05, 0.1) is 10.4 Å². The lowest BCUT2D eigenvalue weighted by Crippen LogP contribution is -2.45. The van der Waals surface area contributed by atoms with Gasteiger partial charge in [-0.05, 0) is 47.4 Å². The van der Waals surface area contributed by atoms with Crippen molar-refractivity contribution >= 4 is 10.0 Å². The number of nitrogens with zero attached hydrogens (tertiary/aromatic N) is 4. The molecule has 1 spiro atoms. The standard InChI is InChI=1S/C22H22N4O2S/c27-29(28)21-6-2-1-5-20(21)22(26(29)16-19-4-3-10-24-14-19)9-13-25(17-22)15-18-7-11-23-12-8-18/h1-8,10-12,14H,9,13,15-17H2/t22-/m1/s1. The van der Waals surface area contributed by atoms with Crippen LogP contribution in [-0.2, 0) is 28.7 Å². The van der Waals surface area contributed by atoms with Crippen molar-refractivity contribution in [3.05, 3.63) is 90.0 Å². The van der Waals surface area contributed by atoms with E-state index in [-0.39, 0.29) is 0 Å². The van der Waals surface area contributed by atoms with E-state index in [1.807, 2.05) is 36.4 Å². The van der Waals surface area contributed by atoms with E-state index in [1.54, 1.807) is 41.2 Å². The van der Waals surface area contributed by atoms with Crippen molar-refractivity contribution in [1.82, 2.24) is 19.2 Å². The largest absolute Gasteiger partial charge is 0.297 e. The number of fused-ring (bicyclic) bond motifs is 2. The van der Waals surface area contributed by atoms with Crippen LogP contribution in [0.5, 0.6) is 0 Å². The highest BCUT2D eigenvalue weighted by Gasteiger charge is 2.56. The molecule has 2 aromatic heterocycles. The molecular formula is C22H22N4O2S. The van der Waals surface area contributed by atoms with E-state index in [2.05, 4.69) is 14.9 Å². The Labute approximate surface area is 170 Å². The lowest BCUT2D eigenvalue weighted by atomic mass is 9.88. The van der Waals surface area contributed by atoms with Gasteiger partial charge in [-0.25, -0.2) is 8.42 Å². The number of pyridine rings is 2. The van der Waals surface area contributed by atoms with Crippen LogP contribution in [0.3, 0.4) is 0 Å². The second-order valence-electron chi connectivity index (χ2n) is 7.72. The molecule has 1 saturated heterocycles. The number of rotatable bonds is 4. The molecule has 0 saturated carbocycles. The first-order chi connectivity index (χ1) is 14.1. The third-order valence-electron chi connectivity index (χ3n) is 5.97. The quantitative estimate of drug-likeness (QED) is 0.667. The summed E-state index contributed by atoms with van der Waals surface area (Å²) >= 11 is 0. The Balaban J connectivity index is 1.53. The molecule has 1 aromatic carbocycles. The Kier molecular flexibility index (Phi) is 4.46. The molecule has 3 aromatic rings. The van der Waals surface area contributed by atoms with Crippen LogP contribution in [0.25, 0.3) is 0 Å². The highest BCUT2D eigenvalue weighted by Crippen LogP contribution is 2.50. The van der Waals surface area contributed by atoms with Gasteiger partial charge in [0.1, 0.15) is 0 Å². The molecule has 1 atom stereocenters. The molecule has 0 N–H and O–H groups in total. The van der Waals surface area contributed by atoms with E-state index in [9.17, 15) is 8.42 Å². The SMILES string of the molecule is O=S1(=O)c2ccccc2[C@]2(CCN(Cc3ccncc3)C2)N1Cc1cccnc1. The molecule has 0 amide bonds. The second kappa shape index (κ2) is 7.02. The summed E-state index contributed by atoms with van der Waals surface area (Å²) in [7, 11) is -3.56. The van der Waals surface area contributed by atoms with Crippen LogP contribution in [0, 0.1) is 0 Å². The van der Waals surface area contributed by atoms with E-state index in [0.29, 0.717) is 18.0 Å². The second-order valence-corrected chi connectivity index (χ2v) is 9.55. The molecule has 0 unspecified atom stereocenters. The van der Waals surface area contributed by atoms with Crippen molar-refractivity contribution in [1.29, 1.82) is 0 Å². The topological polar surface area (TPSA) is 66.4 Å². The van der Waals surface area contributed by atoms with Gasteiger partial charge in [-0.15, -0.1) is 0 Å². The number of likely N-dealkylation sites (tertiary alicyclic amines) is 1. The summed E-state index contributed by atoms with van der Waals surface area (Å²) < 4.78 is 28.7. The molecule has 5 rings (SSSR count). The average Bonchev–Trinajstić information content (AvgIpc) is 3.24. The summed E-state index contributed by atoms with van der Waals surface area (Å²) in [5, 5.41) is 0. The highest BCUT2D eigenvalue weighted by molar-refractivity contribution is 7.89. The number of sulfonamides is 1. The molecule has 0 radical (unpaired) electrons. The molecule has 0 bridgehead atoms. The van der Waals surface area contributed by atoms with Gasteiger partial charge in [-0.3, -0.25) is 14.9 Å². The van der Waals surface area contributed by atoms with Crippen molar-refractivity contribution in [2.24, 2.45) is 0 Å². The van der Waals surface area contributed by atoms with Gasteiger partial charge >= 0.3 is 0 Å². The van der Waals surface area contributed by atoms with E-state index >= 15 is 0 Å². The summed E-state index contributed by atoms with van der Waals surface area (Å²) in [5.41, 5.74) is 2.46. The van der Waals surface area contributed by atoms with Crippen LogP contribution in [0.4, 0.5) is 0 Å². The fraction of sp³-hybridized carbons (Fsp3) is 0.273. The maximum absolute atomic E-state index is 13.5. The predicted molar refractivity (Wildman–Crippen MR) is 109 cm³/mol. The molecule has 29 heavy (non-hydrogen) atoms. The lowest BCUT2D eigenvalue weighted by Gasteiger charge is -2.34. The number of benzene rings is 1. The van der Waals surface area contributed by atoms with E-state index in [4.69, 9.17) is 0 Å². The fourth-order valence-corrected chi connectivity index (χ4v) is 6.68. The maximum Gasteiger partial charge on any atom is 0.244 e. The normalized spacial score (nSPS) is 23.4. The van der Waals surface area contributed by atoms with Gasteiger partial charge < -0.3 is 0 Å². The van der Waals surface area contributed by atoms with Gasteiger partial charge in [-0.2, -0.15) is 4.31 Å². The third-order valence-corrected chi connectivity index (χ3v) is 7.94. The smallest absolute Gasteiger partial charge is 0.244 e. The van der Waals surface area contributed by atoms with Crippen molar-refractivity contribution in [3.8, 4) is 0 Å². The van der Waals surface area contributed by atoms with Gasteiger partial charge in [0.25, 0.3) is 0 Å². The Bertz CT molecular complexity index is 1120. The molecule has 6 nitrogen and oxygen atoms in total. The van der Waals surface area contributed by atoms with Gasteiger partial charge in [0.2, 0.25) is 10.0 Å². The lowest BCUT2D eigenvalue weighted by molar-refractivity contribution is 0.184. The summed E-state index contributed by atoms with van der Waals surface area (Å²) in [4.78, 5) is 11.0. The first-order valence-electron chi connectivity index (χ1n) is 9.72. The zero-order chi connectivity index (χ0) is 19.9. The maximum atomic E-state index is 13.5. The van der Waals surface area contributed by atoms with Crippen LogP contribution < -0.4 is 0 Å². The molecule has 2 aliphatic rings. The number of aromatic nitrogens is 2. The minimum atomic E-state index is -3.56. The molecule has 7 heteroatoms. The molecule has 4 heterocycles. The van der Waals surface area contributed by atoms with Crippen molar-refractivity contribution in [2.75, 3.05) is 13.1 Å². The zero-order valence-electron chi connectivity index (χ0n) is 16.0. The van der Waals surface area contributed by atoms with Crippen LogP contribution >= 0.6 is 0 Å². The van der Waals surface area contributed by atoms with E-state index in [1.165, 1.54) is 5.56 Å². The average molecular weight is 407 g/mol. The minimum absolute atomic E-state index is 0.327. The van der Waals surface area contributed by atoms with Crippen molar-refractivity contribution < 1.29 is 8.42 Å². The molecule has 148 valence electrons. The molecule has 2 aliphatic heterocycles. The van der Waals surface area contributed by atoms with E-state index in [0.717, 1.165) is 30.6 Å². The Morgan fingerprint density at radius 2 is 1.72 bits per heavy atom. The summed E-state index contributed by atoms with van der Waals surface area (Å²) in [6.07, 6.45) is 7.82. The van der Waals surface area contributed by atoms with Crippen molar-refractivity contribution in [3.63, 3.8) is 0 Å². The van der Waals surface area contributed by atoms with Gasteiger partial charge in [0, 0.05) is 51.0 Å². The predicted octanol–water partition coefficient (Wildman–Crippen LogP) is 2.78. The molecule has 1 fully saturated rings. The van der Waals surface area contributed by atoms with Crippen LogP contribution in [0.15, 0.2) is 78.2 Å². The first kappa shape index (κ1) is 18.4. The van der Waals surface area contributed by atoms with Crippen LogP contribution in [0.2, 0.25) is 0 Å². The summed E-state index contributed by atoms with van der Waals surface area (Å²) in [6.45, 7) is 2.63. The first-order valence-corrected chi connectivity index (χ1v) is 11.2. The summed E-state index contributed by atoms with van der Waals surface area (Å²) in [5.74, 6) is 0. The Morgan fingerprint density at radius 1 is 0.897 bits per heavy atom. The Hall–Kier alpha value is -2.61. The van der Waals surface area contributed by atoms with Crippen molar-refractivity contribution in [2.45, 2.75) is 29.9 Å². The number of hydrogen-bond acceptors (Lipinski definition) is 5. The summed E-state index contributed by atoms with van der Waals surface area (Å²) in [6, 6.07) is 15.3.